The molecule has 22 heavy (non-hydrogen) atoms. The molecule has 1 heterocycles. The number of fused-ring (bicyclic) bond motifs is 1. The van der Waals surface area contributed by atoms with Crippen LogP contribution in [-0.2, 0) is 0 Å². The Labute approximate surface area is 124 Å². The zero-order valence-corrected chi connectivity index (χ0v) is 11.6. The number of rotatable bonds is 3. The van der Waals surface area contributed by atoms with Crippen LogP contribution in [0.3, 0.4) is 0 Å². The van der Waals surface area contributed by atoms with Crippen molar-refractivity contribution in [3.05, 3.63) is 69.0 Å². The number of non-ortho nitro benzene ring substituents is 1. The summed E-state index contributed by atoms with van der Waals surface area (Å²) in [5.41, 5.74) is 0.724. The van der Waals surface area contributed by atoms with Crippen molar-refractivity contribution in [1.29, 1.82) is 0 Å². The molecule has 0 amide bonds. The molecular formula is C15H11N3O4. The summed E-state index contributed by atoms with van der Waals surface area (Å²) in [7, 11) is 1.37. The highest BCUT2D eigenvalue weighted by Crippen LogP contribution is 2.21. The van der Waals surface area contributed by atoms with Crippen LogP contribution in [0.5, 0.6) is 0 Å². The van der Waals surface area contributed by atoms with Gasteiger partial charge < -0.3 is 4.84 Å². The van der Waals surface area contributed by atoms with Crippen molar-refractivity contribution in [2.75, 3.05) is 7.11 Å². The Morgan fingerprint density at radius 1 is 1.14 bits per heavy atom. The lowest BCUT2D eigenvalue weighted by molar-refractivity contribution is -0.384. The topological polar surface area (TPSA) is 87.3 Å². The van der Waals surface area contributed by atoms with Gasteiger partial charge in [0.1, 0.15) is 7.11 Å². The third kappa shape index (κ3) is 2.18. The molecular weight excluding hydrogens is 286 g/mol. The maximum absolute atomic E-state index is 12.4. The Morgan fingerprint density at radius 2 is 1.82 bits per heavy atom. The highest BCUT2D eigenvalue weighted by Gasteiger charge is 2.14. The predicted molar refractivity (Wildman–Crippen MR) is 80.6 cm³/mol. The number of aromatic nitrogens is 2. The minimum Gasteiger partial charge on any atom is -0.412 e. The minimum absolute atomic E-state index is 0.0316. The summed E-state index contributed by atoms with van der Waals surface area (Å²) in [6, 6.07) is 12.7. The number of hydrogen-bond donors (Lipinski definition) is 0. The van der Waals surface area contributed by atoms with E-state index in [-0.39, 0.29) is 11.2 Å². The molecule has 0 saturated heterocycles. The molecule has 0 radical (unpaired) electrons. The molecule has 7 heteroatoms. The van der Waals surface area contributed by atoms with E-state index in [0.29, 0.717) is 22.3 Å². The van der Waals surface area contributed by atoms with Crippen molar-refractivity contribution in [3.8, 4) is 11.4 Å². The zero-order valence-electron chi connectivity index (χ0n) is 11.6. The summed E-state index contributed by atoms with van der Waals surface area (Å²) in [5.74, 6) is 0.293. The molecule has 1 aromatic heterocycles. The molecule has 0 aliphatic rings. The van der Waals surface area contributed by atoms with Gasteiger partial charge in [0.15, 0.2) is 5.82 Å². The van der Waals surface area contributed by atoms with E-state index in [9.17, 15) is 14.9 Å². The highest BCUT2D eigenvalue weighted by atomic mass is 16.7. The summed E-state index contributed by atoms with van der Waals surface area (Å²) >= 11 is 0. The van der Waals surface area contributed by atoms with Gasteiger partial charge >= 0.3 is 0 Å². The summed E-state index contributed by atoms with van der Waals surface area (Å²) in [4.78, 5) is 32.2. The van der Waals surface area contributed by atoms with Crippen molar-refractivity contribution in [2.24, 2.45) is 0 Å². The molecule has 3 aromatic rings. The smallest absolute Gasteiger partial charge is 0.294 e. The van der Waals surface area contributed by atoms with Gasteiger partial charge in [0.25, 0.3) is 11.2 Å². The standard InChI is InChI=1S/C15H11N3O4/c1-22-17-14(10-6-8-11(9-7-10)18(20)21)16-13-5-3-2-4-12(13)15(17)19/h2-9H,1H3. The molecule has 0 fully saturated rings. The first-order chi connectivity index (χ1) is 10.6. The van der Waals surface area contributed by atoms with Crippen molar-refractivity contribution in [1.82, 2.24) is 9.71 Å². The molecule has 7 nitrogen and oxygen atoms in total. The molecule has 0 aliphatic carbocycles. The zero-order chi connectivity index (χ0) is 15.7. The SMILES string of the molecule is COn1c(-c2ccc([N+](=O)[O-])cc2)nc2ccccc2c1=O. The van der Waals surface area contributed by atoms with Crippen LogP contribution in [0.15, 0.2) is 53.3 Å². The van der Waals surface area contributed by atoms with Crippen LogP contribution in [0.2, 0.25) is 0 Å². The van der Waals surface area contributed by atoms with Crippen LogP contribution in [0.25, 0.3) is 22.3 Å². The average molecular weight is 297 g/mol. The van der Waals surface area contributed by atoms with E-state index in [1.54, 1.807) is 24.3 Å². The Bertz CT molecular complexity index is 916. The second kappa shape index (κ2) is 5.28. The van der Waals surface area contributed by atoms with Gasteiger partial charge in [-0.1, -0.05) is 12.1 Å². The maximum atomic E-state index is 12.4. The summed E-state index contributed by atoms with van der Waals surface area (Å²) in [5, 5.41) is 11.2. The summed E-state index contributed by atoms with van der Waals surface area (Å²) < 4.78 is 1.07. The van der Waals surface area contributed by atoms with Gasteiger partial charge in [-0.15, -0.1) is 4.73 Å². The van der Waals surface area contributed by atoms with Crippen LogP contribution in [0, 0.1) is 10.1 Å². The van der Waals surface area contributed by atoms with Gasteiger partial charge in [-0.3, -0.25) is 14.9 Å². The third-order valence-electron chi connectivity index (χ3n) is 3.26. The molecule has 0 N–H and O–H groups in total. The fraction of sp³-hybridized carbons (Fsp3) is 0.0667. The van der Waals surface area contributed by atoms with E-state index in [0.717, 1.165) is 4.73 Å². The van der Waals surface area contributed by atoms with Crippen molar-refractivity contribution >= 4 is 16.6 Å². The minimum atomic E-state index is -0.485. The molecule has 110 valence electrons. The quantitative estimate of drug-likeness (QED) is 0.545. The number of nitro benzene ring substituents is 1. The Morgan fingerprint density at radius 3 is 2.45 bits per heavy atom. The van der Waals surface area contributed by atoms with E-state index in [2.05, 4.69) is 4.98 Å². The predicted octanol–water partition coefficient (Wildman–Crippen LogP) is 2.03. The van der Waals surface area contributed by atoms with Crippen LogP contribution in [0.1, 0.15) is 0 Å². The van der Waals surface area contributed by atoms with Gasteiger partial charge in [0, 0.05) is 17.7 Å². The lowest BCUT2D eigenvalue weighted by atomic mass is 10.1. The van der Waals surface area contributed by atoms with Gasteiger partial charge in [-0.05, 0) is 24.3 Å². The third-order valence-corrected chi connectivity index (χ3v) is 3.26. The molecule has 0 unspecified atom stereocenters. The van der Waals surface area contributed by atoms with Gasteiger partial charge in [0.2, 0.25) is 0 Å². The molecule has 0 atom stereocenters. The monoisotopic (exact) mass is 297 g/mol. The first kappa shape index (κ1) is 13.7. The van der Waals surface area contributed by atoms with Crippen LogP contribution >= 0.6 is 0 Å². The molecule has 0 aliphatic heterocycles. The van der Waals surface area contributed by atoms with E-state index in [1.165, 1.54) is 31.4 Å². The molecule has 2 aromatic carbocycles. The van der Waals surface area contributed by atoms with Crippen molar-refractivity contribution in [2.45, 2.75) is 0 Å². The Balaban J connectivity index is 2.25. The van der Waals surface area contributed by atoms with E-state index in [4.69, 9.17) is 4.84 Å². The Hall–Kier alpha value is -3.22. The number of hydrogen-bond acceptors (Lipinski definition) is 5. The number of benzene rings is 2. The lowest BCUT2D eigenvalue weighted by Crippen LogP contribution is -2.27. The van der Waals surface area contributed by atoms with Crippen molar-refractivity contribution in [3.63, 3.8) is 0 Å². The largest absolute Gasteiger partial charge is 0.412 e. The highest BCUT2D eigenvalue weighted by molar-refractivity contribution is 5.79. The molecule has 3 rings (SSSR count). The van der Waals surface area contributed by atoms with E-state index < -0.39 is 4.92 Å². The van der Waals surface area contributed by atoms with Crippen LogP contribution in [0.4, 0.5) is 5.69 Å². The second-order valence-corrected chi connectivity index (χ2v) is 4.54. The van der Waals surface area contributed by atoms with E-state index in [1.807, 2.05) is 0 Å². The Kier molecular flexibility index (Phi) is 3.30. The number of nitro groups is 1. The molecule has 0 saturated carbocycles. The van der Waals surface area contributed by atoms with Gasteiger partial charge in [-0.2, -0.15) is 0 Å². The number of para-hydroxylation sites is 1. The fourth-order valence-electron chi connectivity index (χ4n) is 2.20. The van der Waals surface area contributed by atoms with E-state index >= 15 is 0 Å². The first-order valence-corrected chi connectivity index (χ1v) is 6.43. The van der Waals surface area contributed by atoms with Gasteiger partial charge in [0.05, 0.1) is 15.8 Å². The first-order valence-electron chi connectivity index (χ1n) is 6.43. The maximum Gasteiger partial charge on any atom is 0.294 e. The second-order valence-electron chi connectivity index (χ2n) is 4.54. The van der Waals surface area contributed by atoms with Crippen LogP contribution < -0.4 is 10.4 Å². The summed E-state index contributed by atoms with van der Waals surface area (Å²) in [6.45, 7) is 0. The fourth-order valence-corrected chi connectivity index (χ4v) is 2.20. The average Bonchev–Trinajstić information content (AvgIpc) is 2.55. The lowest BCUT2D eigenvalue weighted by Gasteiger charge is -2.11. The summed E-state index contributed by atoms with van der Waals surface area (Å²) in [6.07, 6.45) is 0. The molecule has 0 spiro atoms. The normalized spacial score (nSPS) is 10.6. The van der Waals surface area contributed by atoms with Crippen LogP contribution in [-0.4, -0.2) is 21.7 Å². The van der Waals surface area contributed by atoms with Gasteiger partial charge in [-0.25, -0.2) is 4.98 Å². The van der Waals surface area contributed by atoms with Crippen molar-refractivity contribution < 1.29 is 9.76 Å². The molecule has 0 bridgehead atoms. The number of nitrogens with zero attached hydrogens (tertiary/aromatic N) is 3.